The molecule has 0 saturated carbocycles. The lowest BCUT2D eigenvalue weighted by atomic mass is 10.0. The third kappa shape index (κ3) is 3.87. The summed E-state index contributed by atoms with van der Waals surface area (Å²) in [5, 5.41) is 17.0. The smallest absolute Gasteiger partial charge is 0.394 e. The first-order chi connectivity index (χ1) is 12.4. The summed E-state index contributed by atoms with van der Waals surface area (Å²) < 4.78 is 40.5. The monoisotopic (exact) mass is 368 g/mol. The van der Waals surface area contributed by atoms with E-state index >= 15 is 0 Å². The van der Waals surface area contributed by atoms with Crippen molar-refractivity contribution in [1.29, 1.82) is 0 Å². The summed E-state index contributed by atoms with van der Waals surface area (Å²) in [7, 11) is 0. The zero-order chi connectivity index (χ0) is 18.7. The standard InChI is InChI=1S/C17H19F3N4O2/c18-17(19,20)14-7-2-1-5-12(14)9-23-10-15(21-22-23)16(26)24-8-4-3-6-13(24)11-25/h1-2,5,7,10,13,25H,3-4,6,8-9,11H2. The number of benzene rings is 1. The molecule has 2 aromatic rings. The summed E-state index contributed by atoms with van der Waals surface area (Å²) in [5.41, 5.74) is -0.621. The number of hydrogen-bond donors (Lipinski definition) is 1. The first-order valence-corrected chi connectivity index (χ1v) is 8.37. The molecule has 1 aromatic heterocycles. The number of halogens is 3. The van der Waals surface area contributed by atoms with Crippen LogP contribution < -0.4 is 0 Å². The van der Waals surface area contributed by atoms with Crippen molar-refractivity contribution in [3.05, 3.63) is 47.3 Å². The number of rotatable bonds is 4. The highest BCUT2D eigenvalue weighted by molar-refractivity contribution is 5.92. The van der Waals surface area contributed by atoms with Crippen LogP contribution in [0.25, 0.3) is 0 Å². The average Bonchev–Trinajstić information content (AvgIpc) is 3.09. The number of aliphatic hydroxyl groups is 1. The van der Waals surface area contributed by atoms with Gasteiger partial charge in [0.25, 0.3) is 5.91 Å². The van der Waals surface area contributed by atoms with Crippen LogP contribution in [0.2, 0.25) is 0 Å². The molecule has 140 valence electrons. The highest BCUT2D eigenvalue weighted by atomic mass is 19.4. The second kappa shape index (κ2) is 7.45. The van der Waals surface area contributed by atoms with Gasteiger partial charge in [-0.3, -0.25) is 4.79 Å². The molecule has 1 N–H and O–H groups in total. The topological polar surface area (TPSA) is 71.2 Å². The lowest BCUT2D eigenvalue weighted by Crippen LogP contribution is -2.45. The molecule has 1 unspecified atom stereocenters. The van der Waals surface area contributed by atoms with E-state index in [-0.39, 0.29) is 36.4 Å². The van der Waals surface area contributed by atoms with Gasteiger partial charge in [-0.15, -0.1) is 5.10 Å². The second-order valence-corrected chi connectivity index (χ2v) is 6.29. The van der Waals surface area contributed by atoms with Gasteiger partial charge in [-0.2, -0.15) is 13.2 Å². The molecule has 1 aromatic carbocycles. The molecule has 3 rings (SSSR count). The fraction of sp³-hybridized carbons (Fsp3) is 0.471. The maximum atomic E-state index is 13.1. The van der Waals surface area contributed by atoms with E-state index in [0.717, 1.165) is 25.3 Å². The van der Waals surface area contributed by atoms with Crippen molar-refractivity contribution in [2.45, 2.75) is 38.0 Å². The molecule has 9 heteroatoms. The van der Waals surface area contributed by atoms with Crippen LogP contribution in [0.4, 0.5) is 13.2 Å². The third-order valence-electron chi connectivity index (χ3n) is 4.51. The average molecular weight is 368 g/mol. The van der Waals surface area contributed by atoms with Gasteiger partial charge < -0.3 is 10.0 Å². The van der Waals surface area contributed by atoms with E-state index in [1.54, 1.807) is 4.90 Å². The van der Waals surface area contributed by atoms with E-state index in [4.69, 9.17) is 0 Å². The van der Waals surface area contributed by atoms with Crippen LogP contribution in [0, 0.1) is 0 Å². The molecular formula is C17H19F3N4O2. The molecule has 0 radical (unpaired) electrons. The number of likely N-dealkylation sites (tertiary alicyclic amines) is 1. The van der Waals surface area contributed by atoms with Gasteiger partial charge in [0.2, 0.25) is 0 Å². The van der Waals surface area contributed by atoms with Gasteiger partial charge in [-0.1, -0.05) is 23.4 Å². The Labute approximate surface area is 148 Å². The van der Waals surface area contributed by atoms with Gasteiger partial charge in [0.1, 0.15) is 0 Å². The molecule has 2 heterocycles. The quantitative estimate of drug-likeness (QED) is 0.899. The highest BCUT2D eigenvalue weighted by Gasteiger charge is 2.33. The molecule has 1 aliphatic heterocycles. The number of hydrogen-bond acceptors (Lipinski definition) is 4. The van der Waals surface area contributed by atoms with E-state index in [0.29, 0.717) is 6.54 Å². The van der Waals surface area contributed by atoms with E-state index in [9.17, 15) is 23.1 Å². The summed E-state index contributed by atoms with van der Waals surface area (Å²) in [6.07, 6.45) is -0.614. The molecule has 1 aliphatic rings. The second-order valence-electron chi connectivity index (χ2n) is 6.29. The number of amides is 1. The van der Waals surface area contributed by atoms with Crippen molar-refractivity contribution < 1.29 is 23.1 Å². The SMILES string of the molecule is O=C(c1cn(Cc2ccccc2C(F)(F)F)nn1)N1CCCCC1CO. The minimum atomic E-state index is -4.46. The molecule has 1 atom stereocenters. The van der Waals surface area contributed by atoms with Crippen molar-refractivity contribution in [3.8, 4) is 0 Å². The Hall–Kier alpha value is -2.42. The number of carbonyl (C=O) groups is 1. The van der Waals surface area contributed by atoms with Crippen LogP contribution in [-0.4, -0.2) is 50.1 Å². The normalized spacial score (nSPS) is 18.2. The lowest BCUT2D eigenvalue weighted by molar-refractivity contribution is -0.138. The van der Waals surface area contributed by atoms with Gasteiger partial charge in [0.15, 0.2) is 5.69 Å². The summed E-state index contributed by atoms with van der Waals surface area (Å²) >= 11 is 0. The van der Waals surface area contributed by atoms with E-state index in [1.165, 1.54) is 29.1 Å². The van der Waals surface area contributed by atoms with Crippen molar-refractivity contribution in [2.24, 2.45) is 0 Å². The summed E-state index contributed by atoms with van der Waals surface area (Å²) in [6.45, 7) is 0.256. The Morgan fingerprint density at radius 3 is 2.77 bits per heavy atom. The van der Waals surface area contributed by atoms with Crippen molar-refractivity contribution in [2.75, 3.05) is 13.2 Å². The Kier molecular flexibility index (Phi) is 5.26. The molecular weight excluding hydrogens is 349 g/mol. The van der Waals surface area contributed by atoms with Gasteiger partial charge in [-0.25, -0.2) is 4.68 Å². The van der Waals surface area contributed by atoms with Gasteiger partial charge in [-0.05, 0) is 30.9 Å². The number of carbonyl (C=O) groups excluding carboxylic acids is 1. The Morgan fingerprint density at radius 2 is 2.04 bits per heavy atom. The van der Waals surface area contributed by atoms with Crippen molar-refractivity contribution >= 4 is 5.91 Å². The molecule has 1 amide bonds. The van der Waals surface area contributed by atoms with E-state index < -0.39 is 11.7 Å². The van der Waals surface area contributed by atoms with E-state index in [1.807, 2.05) is 0 Å². The fourth-order valence-electron chi connectivity index (χ4n) is 3.19. The first-order valence-electron chi connectivity index (χ1n) is 8.37. The summed E-state index contributed by atoms with van der Waals surface area (Å²) in [4.78, 5) is 14.1. The van der Waals surface area contributed by atoms with E-state index in [2.05, 4.69) is 10.3 Å². The van der Waals surface area contributed by atoms with Gasteiger partial charge >= 0.3 is 6.18 Å². The lowest BCUT2D eigenvalue weighted by Gasteiger charge is -2.33. The number of aromatic nitrogens is 3. The Morgan fingerprint density at radius 1 is 1.27 bits per heavy atom. The molecule has 0 aliphatic carbocycles. The summed E-state index contributed by atoms with van der Waals surface area (Å²) in [5.74, 6) is -0.362. The molecule has 6 nitrogen and oxygen atoms in total. The summed E-state index contributed by atoms with van der Waals surface area (Å²) in [6, 6.07) is 4.98. The van der Waals surface area contributed by atoms with Crippen LogP contribution in [0.15, 0.2) is 30.5 Å². The van der Waals surface area contributed by atoms with Crippen LogP contribution in [-0.2, 0) is 12.7 Å². The van der Waals surface area contributed by atoms with Crippen LogP contribution in [0.3, 0.4) is 0 Å². The number of alkyl halides is 3. The molecule has 1 saturated heterocycles. The van der Waals surface area contributed by atoms with Crippen LogP contribution >= 0.6 is 0 Å². The zero-order valence-corrected chi connectivity index (χ0v) is 14.0. The van der Waals surface area contributed by atoms with Gasteiger partial charge in [0, 0.05) is 6.54 Å². The highest BCUT2D eigenvalue weighted by Crippen LogP contribution is 2.32. The third-order valence-corrected chi connectivity index (χ3v) is 4.51. The van der Waals surface area contributed by atoms with Gasteiger partial charge in [0.05, 0.1) is 31.0 Å². The minimum Gasteiger partial charge on any atom is -0.394 e. The predicted molar refractivity (Wildman–Crippen MR) is 86.3 cm³/mol. The van der Waals surface area contributed by atoms with Crippen LogP contribution in [0.1, 0.15) is 40.9 Å². The molecule has 26 heavy (non-hydrogen) atoms. The molecule has 0 bridgehead atoms. The first kappa shape index (κ1) is 18.4. The molecule has 1 fully saturated rings. The van der Waals surface area contributed by atoms with Crippen molar-refractivity contribution in [1.82, 2.24) is 19.9 Å². The zero-order valence-electron chi connectivity index (χ0n) is 14.0. The fourth-order valence-corrected chi connectivity index (χ4v) is 3.19. The number of aliphatic hydroxyl groups excluding tert-OH is 1. The molecule has 0 spiro atoms. The maximum Gasteiger partial charge on any atom is 0.416 e. The minimum absolute atomic E-state index is 0.0510. The van der Waals surface area contributed by atoms with Crippen LogP contribution in [0.5, 0.6) is 0 Å². The number of nitrogens with zero attached hydrogens (tertiary/aromatic N) is 4. The maximum absolute atomic E-state index is 13.1. The predicted octanol–water partition coefficient (Wildman–Crippen LogP) is 2.33. The Balaban J connectivity index is 1.78. The number of piperidine rings is 1. The Bertz CT molecular complexity index is 775. The largest absolute Gasteiger partial charge is 0.416 e. The van der Waals surface area contributed by atoms with Crippen molar-refractivity contribution in [3.63, 3.8) is 0 Å².